The summed E-state index contributed by atoms with van der Waals surface area (Å²) < 4.78 is 5.15. The van der Waals surface area contributed by atoms with Gasteiger partial charge in [0, 0.05) is 5.69 Å². The van der Waals surface area contributed by atoms with Crippen LogP contribution < -0.4 is 9.64 Å². The molecule has 3 unspecified atom stereocenters. The van der Waals surface area contributed by atoms with E-state index in [0.29, 0.717) is 34.7 Å². The second kappa shape index (κ2) is 9.62. The highest BCUT2D eigenvalue weighted by molar-refractivity contribution is 6.32. The van der Waals surface area contributed by atoms with Gasteiger partial charge in [0.25, 0.3) is 0 Å². The van der Waals surface area contributed by atoms with E-state index in [1.54, 1.807) is 18.2 Å². The van der Waals surface area contributed by atoms with Gasteiger partial charge in [-0.2, -0.15) is 0 Å². The summed E-state index contributed by atoms with van der Waals surface area (Å²) in [6, 6.07) is 4.30. The molecule has 1 fully saturated rings. The lowest BCUT2D eigenvalue weighted by atomic mass is 9.77. The fraction of sp³-hybridized carbons (Fsp3) is 0.455. The molecule has 0 bridgehead atoms. The van der Waals surface area contributed by atoms with Gasteiger partial charge in [-0.3, -0.25) is 9.69 Å². The molecule has 0 aliphatic heterocycles. The molecular formula is C22H26ClNO3. The molecule has 0 spiro atoms. The van der Waals surface area contributed by atoms with Gasteiger partial charge in [-0.15, -0.1) is 6.42 Å². The smallest absolute Gasteiger partial charge is 0.303 e. The molecule has 1 aliphatic carbocycles. The molecule has 3 atom stereocenters. The number of carbonyl (C=O) groups is 2. The summed E-state index contributed by atoms with van der Waals surface area (Å²) in [5, 5.41) is 0.354. The first-order chi connectivity index (χ1) is 12.9. The predicted octanol–water partition coefficient (Wildman–Crippen LogP) is 4.65. The quantitative estimate of drug-likeness (QED) is 0.388. The van der Waals surface area contributed by atoms with Crippen molar-refractivity contribution in [3.63, 3.8) is 0 Å². The van der Waals surface area contributed by atoms with Gasteiger partial charge in [0.1, 0.15) is 12.0 Å². The highest BCUT2D eigenvalue weighted by atomic mass is 35.5. The van der Waals surface area contributed by atoms with Crippen LogP contribution in [0.2, 0.25) is 5.02 Å². The second-order valence-corrected chi connectivity index (χ2v) is 7.69. The number of amides is 1. The van der Waals surface area contributed by atoms with Crippen molar-refractivity contribution in [2.24, 2.45) is 11.8 Å². The van der Waals surface area contributed by atoms with Crippen molar-refractivity contribution >= 4 is 29.5 Å². The van der Waals surface area contributed by atoms with E-state index < -0.39 is 11.9 Å². The first-order valence-electron chi connectivity index (χ1n) is 9.14. The van der Waals surface area contributed by atoms with Crippen LogP contribution in [0, 0.1) is 24.2 Å². The molecule has 2 rings (SSSR count). The Morgan fingerprint density at radius 2 is 2.26 bits per heavy atom. The van der Waals surface area contributed by atoms with E-state index in [1.165, 1.54) is 17.6 Å². The Hall–Kier alpha value is -2.25. The number of anilines is 1. The SMILES string of the molecule is C#CC(=O)N(c1ccc(OC)c(Cl)c1)C(C=O)CCC1CC(=C)CC(C)C1. The van der Waals surface area contributed by atoms with Gasteiger partial charge in [0.15, 0.2) is 0 Å². The van der Waals surface area contributed by atoms with Gasteiger partial charge in [0.05, 0.1) is 18.2 Å². The molecule has 1 aromatic carbocycles. The Morgan fingerprint density at radius 3 is 2.81 bits per heavy atom. The van der Waals surface area contributed by atoms with Gasteiger partial charge in [0.2, 0.25) is 0 Å². The average Bonchev–Trinajstić information content (AvgIpc) is 2.63. The van der Waals surface area contributed by atoms with Crippen LogP contribution in [0.5, 0.6) is 5.75 Å². The Kier molecular flexibility index (Phi) is 7.50. The summed E-state index contributed by atoms with van der Waals surface area (Å²) in [5.41, 5.74) is 1.75. The van der Waals surface area contributed by atoms with Crippen molar-refractivity contribution < 1.29 is 14.3 Å². The number of hydrogen-bond acceptors (Lipinski definition) is 3. The van der Waals surface area contributed by atoms with E-state index in [-0.39, 0.29) is 0 Å². The van der Waals surface area contributed by atoms with Gasteiger partial charge in [-0.25, -0.2) is 0 Å². The lowest BCUT2D eigenvalue weighted by Crippen LogP contribution is -2.41. The maximum atomic E-state index is 12.4. The molecule has 27 heavy (non-hydrogen) atoms. The lowest BCUT2D eigenvalue weighted by molar-refractivity contribution is -0.117. The molecular weight excluding hydrogens is 362 g/mol. The lowest BCUT2D eigenvalue weighted by Gasteiger charge is -2.31. The molecule has 0 aromatic heterocycles. The number of rotatable bonds is 7. The van der Waals surface area contributed by atoms with Gasteiger partial charge in [-0.1, -0.05) is 30.7 Å². The highest BCUT2D eigenvalue weighted by Crippen LogP contribution is 2.35. The molecule has 0 N–H and O–H groups in total. The first-order valence-corrected chi connectivity index (χ1v) is 9.52. The minimum atomic E-state index is -0.636. The van der Waals surface area contributed by atoms with E-state index in [9.17, 15) is 9.59 Å². The van der Waals surface area contributed by atoms with Crippen LogP contribution in [-0.4, -0.2) is 25.3 Å². The van der Waals surface area contributed by atoms with Crippen LogP contribution in [-0.2, 0) is 9.59 Å². The van der Waals surface area contributed by atoms with Gasteiger partial charge < -0.3 is 9.53 Å². The van der Waals surface area contributed by atoms with Crippen LogP contribution in [0.4, 0.5) is 5.69 Å². The van der Waals surface area contributed by atoms with Crippen LogP contribution in [0.1, 0.15) is 39.0 Å². The summed E-state index contributed by atoms with van der Waals surface area (Å²) in [7, 11) is 1.51. The number of ether oxygens (including phenoxy) is 1. The van der Waals surface area contributed by atoms with Crippen molar-refractivity contribution in [2.45, 2.75) is 45.1 Å². The Bertz CT molecular complexity index is 752. The van der Waals surface area contributed by atoms with Gasteiger partial charge >= 0.3 is 5.91 Å². The molecule has 1 amide bonds. The van der Waals surface area contributed by atoms with E-state index in [0.717, 1.165) is 32.0 Å². The van der Waals surface area contributed by atoms with Crippen molar-refractivity contribution in [3.05, 3.63) is 35.4 Å². The first kappa shape index (κ1) is 21.1. The number of halogens is 1. The third kappa shape index (κ3) is 5.37. The molecule has 5 heteroatoms. The van der Waals surface area contributed by atoms with Crippen molar-refractivity contribution in [3.8, 4) is 18.1 Å². The van der Waals surface area contributed by atoms with Crippen LogP contribution in [0.25, 0.3) is 0 Å². The van der Waals surface area contributed by atoms with Crippen molar-refractivity contribution in [1.29, 1.82) is 0 Å². The summed E-state index contributed by atoms with van der Waals surface area (Å²) >= 11 is 6.19. The number of allylic oxidation sites excluding steroid dienone is 1. The maximum Gasteiger partial charge on any atom is 0.303 e. The summed E-state index contributed by atoms with van der Waals surface area (Å²) in [4.78, 5) is 25.5. The number of terminal acetylenes is 1. The minimum Gasteiger partial charge on any atom is -0.495 e. The number of methoxy groups -OCH3 is 1. The zero-order chi connectivity index (χ0) is 20.0. The third-order valence-corrected chi connectivity index (χ3v) is 5.36. The molecule has 144 valence electrons. The van der Waals surface area contributed by atoms with Crippen LogP contribution >= 0.6 is 11.6 Å². The number of aldehydes is 1. The van der Waals surface area contributed by atoms with Gasteiger partial charge in [-0.05, 0) is 68.1 Å². The fourth-order valence-corrected chi connectivity index (χ4v) is 4.19. The summed E-state index contributed by atoms with van der Waals surface area (Å²) in [6.45, 7) is 6.35. The summed E-state index contributed by atoms with van der Waals surface area (Å²) in [5.74, 6) is 3.13. The predicted molar refractivity (Wildman–Crippen MR) is 109 cm³/mol. The second-order valence-electron chi connectivity index (χ2n) is 7.28. The number of nitrogens with zero attached hydrogens (tertiary/aromatic N) is 1. The largest absolute Gasteiger partial charge is 0.495 e. The summed E-state index contributed by atoms with van der Waals surface area (Å²) in [6.07, 6.45) is 10.7. The average molecular weight is 388 g/mol. The zero-order valence-corrected chi connectivity index (χ0v) is 16.7. The topological polar surface area (TPSA) is 46.6 Å². The molecule has 0 saturated heterocycles. The molecule has 0 radical (unpaired) electrons. The Morgan fingerprint density at radius 1 is 1.52 bits per heavy atom. The molecule has 1 aliphatic rings. The maximum absolute atomic E-state index is 12.4. The third-order valence-electron chi connectivity index (χ3n) is 5.07. The van der Waals surface area contributed by atoms with E-state index in [4.69, 9.17) is 22.8 Å². The highest BCUT2D eigenvalue weighted by Gasteiger charge is 2.27. The van der Waals surface area contributed by atoms with Crippen molar-refractivity contribution in [2.75, 3.05) is 12.0 Å². The number of benzene rings is 1. The standard InChI is InChI=1S/C22H26ClNO3/c1-5-22(26)24(18-8-9-21(27-4)20(23)13-18)19(14-25)7-6-17-11-15(2)10-16(3)12-17/h1,8-9,13-14,16-17,19H,2,6-7,10-12H2,3-4H3. The van der Waals surface area contributed by atoms with Crippen molar-refractivity contribution in [1.82, 2.24) is 0 Å². The molecule has 1 aromatic rings. The normalized spacial score (nSPS) is 20.4. The van der Waals surface area contributed by atoms with Crippen LogP contribution in [0.15, 0.2) is 30.4 Å². The molecule has 1 saturated carbocycles. The van der Waals surface area contributed by atoms with E-state index >= 15 is 0 Å². The Labute approximate surface area is 166 Å². The monoisotopic (exact) mass is 387 g/mol. The zero-order valence-electron chi connectivity index (χ0n) is 15.9. The Balaban J connectivity index is 2.19. The van der Waals surface area contributed by atoms with E-state index in [2.05, 4.69) is 19.4 Å². The number of carbonyl (C=O) groups excluding carboxylic acids is 2. The number of hydrogen-bond donors (Lipinski definition) is 0. The molecule has 4 nitrogen and oxygen atoms in total. The van der Waals surface area contributed by atoms with Crippen LogP contribution in [0.3, 0.4) is 0 Å². The fourth-order valence-electron chi connectivity index (χ4n) is 3.94. The minimum absolute atomic E-state index is 0.354. The molecule has 0 heterocycles. The van der Waals surface area contributed by atoms with E-state index in [1.807, 2.05) is 0 Å².